The Bertz CT molecular complexity index is 1770. The van der Waals surface area contributed by atoms with Crippen LogP contribution in [0, 0.1) is 10.1 Å². The van der Waals surface area contributed by atoms with Crippen molar-refractivity contribution in [2.45, 2.75) is 25.0 Å². The number of ether oxygens (including phenoxy) is 1. The molecule has 0 saturated carbocycles. The molecule has 1 spiro atoms. The molecule has 0 bridgehead atoms. The molecule has 1 unspecified atom stereocenters. The molecule has 0 radical (unpaired) electrons. The monoisotopic (exact) mass is 505 g/mol. The fourth-order valence-electron chi connectivity index (χ4n) is 5.90. The molecule has 1 atom stereocenters. The van der Waals surface area contributed by atoms with Crippen molar-refractivity contribution >= 4 is 49.8 Å². The highest BCUT2D eigenvalue weighted by atomic mass is 32.1. The number of anilines is 1. The Morgan fingerprint density at radius 2 is 1.81 bits per heavy atom. The number of hydrogen-bond donors (Lipinski definition) is 0. The van der Waals surface area contributed by atoms with Crippen LogP contribution >= 0.6 is 11.3 Å². The molecule has 7 rings (SSSR count). The van der Waals surface area contributed by atoms with Crippen LogP contribution in [0.25, 0.3) is 37.6 Å². The molecule has 0 saturated heterocycles. The van der Waals surface area contributed by atoms with E-state index in [4.69, 9.17) is 9.72 Å². The van der Waals surface area contributed by atoms with Gasteiger partial charge in [-0.05, 0) is 66.6 Å². The molecular weight excluding hydrogens is 482 g/mol. The summed E-state index contributed by atoms with van der Waals surface area (Å²) in [4.78, 5) is 18.3. The molecule has 1 aromatic heterocycles. The Morgan fingerprint density at radius 1 is 1.03 bits per heavy atom. The van der Waals surface area contributed by atoms with E-state index in [1.807, 2.05) is 43.4 Å². The van der Waals surface area contributed by atoms with Gasteiger partial charge in [0.1, 0.15) is 10.8 Å². The van der Waals surface area contributed by atoms with E-state index in [2.05, 4.69) is 55.2 Å². The van der Waals surface area contributed by atoms with Crippen LogP contribution in [0.3, 0.4) is 0 Å². The Kier molecular flexibility index (Phi) is 4.40. The van der Waals surface area contributed by atoms with E-state index >= 15 is 0 Å². The maximum atomic E-state index is 11.6. The second-order valence-corrected chi connectivity index (χ2v) is 11.2. The molecular formula is C30H23N3O3S. The van der Waals surface area contributed by atoms with Crippen molar-refractivity contribution in [2.75, 3.05) is 11.9 Å². The fourth-order valence-corrected chi connectivity index (χ4v) is 6.88. The summed E-state index contributed by atoms with van der Waals surface area (Å²) in [5, 5.41) is 14.7. The average molecular weight is 506 g/mol. The van der Waals surface area contributed by atoms with Crippen LogP contribution in [0.4, 0.5) is 11.4 Å². The number of nitrogens with zero attached hydrogens (tertiary/aromatic N) is 3. The number of fused-ring (bicyclic) bond motifs is 5. The van der Waals surface area contributed by atoms with Crippen molar-refractivity contribution in [3.8, 4) is 16.3 Å². The Hall–Kier alpha value is -4.23. The molecule has 5 aromatic rings. The van der Waals surface area contributed by atoms with Crippen molar-refractivity contribution in [2.24, 2.45) is 0 Å². The quantitative estimate of drug-likeness (QED) is 0.183. The molecule has 182 valence electrons. The van der Waals surface area contributed by atoms with E-state index in [9.17, 15) is 10.1 Å². The highest BCUT2D eigenvalue weighted by Gasteiger charge is 2.58. The third-order valence-electron chi connectivity index (χ3n) is 7.92. The van der Waals surface area contributed by atoms with Crippen LogP contribution in [-0.4, -0.2) is 22.7 Å². The molecule has 37 heavy (non-hydrogen) atoms. The molecule has 0 N–H and O–H groups in total. The molecule has 3 heterocycles. The minimum absolute atomic E-state index is 0.0821. The van der Waals surface area contributed by atoms with E-state index in [0.29, 0.717) is 0 Å². The van der Waals surface area contributed by atoms with Crippen LogP contribution < -0.4 is 9.64 Å². The van der Waals surface area contributed by atoms with Gasteiger partial charge in [0.2, 0.25) is 5.72 Å². The summed E-state index contributed by atoms with van der Waals surface area (Å²) in [5.41, 5.74) is 3.38. The van der Waals surface area contributed by atoms with E-state index in [1.165, 1.54) is 0 Å². The van der Waals surface area contributed by atoms with Crippen molar-refractivity contribution in [3.05, 3.63) is 100 Å². The number of thiazole rings is 1. The van der Waals surface area contributed by atoms with Gasteiger partial charge in [0, 0.05) is 30.4 Å². The molecule has 0 fully saturated rings. The lowest BCUT2D eigenvalue weighted by Crippen LogP contribution is -2.58. The summed E-state index contributed by atoms with van der Waals surface area (Å²) in [6, 6.07) is 23.7. The number of para-hydroxylation sites is 1. The van der Waals surface area contributed by atoms with Gasteiger partial charge < -0.3 is 9.64 Å². The topological polar surface area (TPSA) is 68.5 Å². The first-order chi connectivity index (χ1) is 17.8. The number of hydrogen-bond acceptors (Lipinski definition) is 6. The van der Waals surface area contributed by atoms with Crippen molar-refractivity contribution in [1.29, 1.82) is 0 Å². The summed E-state index contributed by atoms with van der Waals surface area (Å²) in [6.07, 6.45) is 4.26. The Labute approximate surface area is 217 Å². The first-order valence-electron chi connectivity index (χ1n) is 12.1. The normalized spacial score (nSPS) is 19.3. The zero-order valence-electron chi connectivity index (χ0n) is 20.6. The Balaban J connectivity index is 1.47. The first kappa shape index (κ1) is 22.0. The van der Waals surface area contributed by atoms with Gasteiger partial charge in [-0.1, -0.05) is 36.4 Å². The molecule has 2 aliphatic heterocycles. The summed E-state index contributed by atoms with van der Waals surface area (Å²) >= 11 is 1.65. The van der Waals surface area contributed by atoms with Gasteiger partial charge >= 0.3 is 0 Å². The van der Waals surface area contributed by atoms with E-state index in [1.54, 1.807) is 23.5 Å². The van der Waals surface area contributed by atoms with Gasteiger partial charge in [0.05, 0.1) is 26.1 Å². The number of non-ortho nitro benzene ring substituents is 1. The molecule has 7 heteroatoms. The lowest BCUT2D eigenvalue weighted by molar-refractivity contribution is -0.384. The van der Waals surface area contributed by atoms with E-state index in [0.717, 1.165) is 54.1 Å². The lowest BCUT2D eigenvalue weighted by atomic mass is 9.76. The largest absolute Gasteiger partial charge is 0.462 e. The maximum absolute atomic E-state index is 11.6. The Morgan fingerprint density at radius 3 is 2.62 bits per heavy atom. The third kappa shape index (κ3) is 2.89. The number of likely N-dealkylation sites (N-methyl/N-ethyl adjacent to an activating group) is 1. The minimum Gasteiger partial charge on any atom is -0.462 e. The predicted molar refractivity (Wildman–Crippen MR) is 149 cm³/mol. The van der Waals surface area contributed by atoms with Crippen LogP contribution in [0.5, 0.6) is 5.75 Å². The van der Waals surface area contributed by atoms with Gasteiger partial charge in [-0.2, -0.15) is 0 Å². The van der Waals surface area contributed by atoms with Gasteiger partial charge in [-0.3, -0.25) is 10.1 Å². The number of nitro groups is 1. The van der Waals surface area contributed by atoms with E-state index < -0.39 is 11.1 Å². The van der Waals surface area contributed by atoms with Gasteiger partial charge in [0.25, 0.3) is 5.69 Å². The summed E-state index contributed by atoms with van der Waals surface area (Å²) in [6.45, 7) is 4.18. The van der Waals surface area contributed by atoms with Crippen LogP contribution in [0.2, 0.25) is 0 Å². The van der Waals surface area contributed by atoms with Gasteiger partial charge in [-0.15, -0.1) is 11.3 Å². The number of benzene rings is 4. The lowest BCUT2D eigenvalue weighted by Gasteiger charge is -2.46. The number of aromatic nitrogens is 1. The van der Waals surface area contributed by atoms with Crippen LogP contribution in [0.15, 0.2) is 78.9 Å². The summed E-state index contributed by atoms with van der Waals surface area (Å²) in [5.74, 6) is 0.780. The maximum Gasteiger partial charge on any atom is 0.269 e. The zero-order valence-corrected chi connectivity index (χ0v) is 21.4. The van der Waals surface area contributed by atoms with Gasteiger partial charge in [0.15, 0.2) is 0 Å². The van der Waals surface area contributed by atoms with Crippen molar-refractivity contribution in [3.63, 3.8) is 0 Å². The van der Waals surface area contributed by atoms with Gasteiger partial charge in [-0.25, -0.2) is 4.98 Å². The molecule has 0 amide bonds. The van der Waals surface area contributed by atoms with E-state index in [-0.39, 0.29) is 10.6 Å². The minimum atomic E-state index is -0.870. The van der Waals surface area contributed by atoms with Crippen LogP contribution in [0.1, 0.15) is 25.0 Å². The smallest absolute Gasteiger partial charge is 0.269 e. The van der Waals surface area contributed by atoms with Crippen LogP contribution in [-0.2, 0) is 5.41 Å². The zero-order chi connectivity index (χ0) is 25.5. The first-order valence-corrected chi connectivity index (χ1v) is 12.9. The number of rotatable bonds is 2. The molecule has 0 aliphatic carbocycles. The second kappa shape index (κ2) is 7.40. The van der Waals surface area contributed by atoms with Crippen molar-refractivity contribution < 1.29 is 9.66 Å². The highest BCUT2D eigenvalue weighted by Crippen LogP contribution is 2.57. The predicted octanol–water partition coefficient (Wildman–Crippen LogP) is 7.55. The fraction of sp³-hybridized carbons (Fsp3) is 0.167. The molecule has 2 aliphatic rings. The summed E-state index contributed by atoms with van der Waals surface area (Å²) in [7, 11) is 1.99. The highest BCUT2D eigenvalue weighted by molar-refractivity contribution is 7.21. The SMILES string of the molecule is CN1c2ccc([N+](=O)[O-])cc2C(C)(C)C12C=Cc1c(c(-c3nc4ccccc4s3)cc3ccccc13)O2. The van der Waals surface area contributed by atoms with Crippen molar-refractivity contribution in [1.82, 2.24) is 4.98 Å². The standard InChI is InChI=1S/C30H23N3O3S/c1-29(2)23-17-19(33(34)35)12-13-25(23)32(3)30(29)15-14-21-20-9-5-4-8-18(20)16-22(27(21)36-30)28-31-24-10-6-7-11-26(24)37-28/h4-17H,1-3H3. The average Bonchev–Trinajstić information content (AvgIpc) is 3.40. The molecule has 6 nitrogen and oxygen atoms in total. The molecule has 4 aromatic carbocycles. The summed E-state index contributed by atoms with van der Waals surface area (Å²) < 4.78 is 8.24. The number of nitro benzene ring substituents is 1. The third-order valence-corrected chi connectivity index (χ3v) is 8.99. The second-order valence-electron chi connectivity index (χ2n) is 10.1.